The van der Waals surface area contributed by atoms with Gasteiger partial charge in [-0.15, -0.1) is 0 Å². The summed E-state index contributed by atoms with van der Waals surface area (Å²) in [5.41, 5.74) is 4.26. The lowest BCUT2D eigenvalue weighted by Crippen LogP contribution is -1.99. The molecule has 0 saturated heterocycles. The number of sulfone groups is 1. The van der Waals surface area contributed by atoms with E-state index in [2.05, 4.69) is 17.1 Å². The molecule has 2 aliphatic carbocycles. The van der Waals surface area contributed by atoms with Crippen LogP contribution >= 0.6 is 11.6 Å². The maximum atomic E-state index is 11.6. The standard InChI is InChI=1S/C19H16ClNO2S/c1-24(22,23)15-6-7-18(21-12-15)17-11-19(8-9-19)10-16(17)13-2-4-14(20)5-3-13/h2-7,10-12H,8-9H2,1H3. The van der Waals surface area contributed by atoms with Gasteiger partial charge in [0.25, 0.3) is 0 Å². The second-order valence-electron chi connectivity index (χ2n) is 6.51. The Balaban J connectivity index is 1.76. The van der Waals surface area contributed by atoms with Gasteiger partial charge in [-0.05, 0) is 48.2 Å². The molecule has 1 spiro atoms. The lowest BCUT2D eigenvalue weighted by molar-refractivity contribution is 0.601. The molecule has 1 aromatic heterocycles. The fourth-order valence-corrected chi connectivity index (χ4v) is 3.73. The molecular weight excluding hydrogens is 342 g/mol. The summed E-state index contributed by atoms with van der Waals surface area (Å²) in [4.78, 5) is 4.64. The van der Waals surface area contributed by atoms with E-state index in [0.717, 1.165) is 35.2 Å². The van der Waals surface area contributed by atoms with Gasteiger partial charge in [0.1, 0.15) is 0 Å². The molecule has 3 nitrogen and oxygen atoms in total. The van der Waals surface area contributed by atoms with Gasteiger partial charge in [0.15, 0.2) is 9.84 Å². The topological polar surface area (TPSA) is 47.0 Å². The maximum Gasteiger partial charge on any atom is 0.177 e. The summed E-state index contributed by atoms with van der Waals surface area (Å²) in [7, 11) is -3.24. The number of allylic oxidation sites excluding steroid dienone is 4. The van der Waals surface area contributed by atoms with E-state index in [1.165, 1.54) is 12.5 Å². The summed E-state index contributed by atoms with van der Waals surface area (Å²) >= 11 is 6.00. The zero-order chi connectivity index (χ0) is 16.9. The molecular formula is C19H16ClNO2S. The first kappa shape index (κ1) is 15.6. The Hall–Kier alpha value is -1.91. The normalized spacial score (nSPS) is 18.4. The third-order valence-corrected chi connectivity index (χ3v) is 5.93. The Kier molecular flexibility index (Phi) is 3.44. The van der Waals surface area contributed by atoms with Crippen molar-refractivity contribution in [3.63, 3.8) is 0 Å². The number of hydrogen-bond acceptors (Lipinski definition) is 3. The Bertz CT molecular complexity index is 967. The minimum Gasteiger partial charge on any atom is -0.255 e. The predicted molar refractivity (Wildman–Crippen MR) is 96.4 cm³/mol. The van der Waals surface area contributed by atoms with Crippen LogP contribution in [0.1, 0.15) is 24.1 Å². The van der Waals surface area contributed by atoms with Gasteiger partial charge >= 0.3 is 0 Å². The van der Waals surface area contributed by atoms with Crippen molar-refractivity contribution in [2.24, 2.45) is 5.41 Å². The Labute approximate surface area is 146 Å². The van der Waals surface area contributed by atoms with Crippen LogP contribution in [0.5, 0.6) is 0 Å². The van der Waals surface area contributed by atoms with Crippen molar-refractivity contribution in [1.82, 2.24) is 4.98 Å². The van der Waals surface area contributed by atoms with Crippen molar-refractivity contribution >= 4 is 32.6 Å². The van der Waals surface area contributed by atoms with E-state index in [9.17, 15) is 8.42 Å². The van der Waals surface area contributed by atoms with Gasteiger partial charge in [-0.1, -0.05) is 35.9 Å². The molecule has 4 rings (SSSR count). The van der Waals surface area contributed by atoms with Gasteiger partial charge in [-0.3, -0.25) is 4.98 Å². The Morgan fingerprint density at radius 1 is 1.00 bits per heavy atom. The highest BCUT2D eigenvalue weighted by Gasteiger charge is 2.43. The van der Waals surface area contributed by atoms with Crippen molar-refractivity contribution in [2.75, 3.05) is 6.26 Å². The summed E-state index contributed by atoms with van der Waals surface area (Å²) in [6, 6.07) is 11.2. The molecule has 2 aromatic rings. The second-order valence-corrected chi connectivity index (χ2v) is 8.96. The van der Waals surface area contributed by atoms with E-state index >= 15 is 0 Å². The first-order valence-corrected chi connectivity index (χ1v) is 10.0. The SMILES string of the molecule is CS(=O)(=O)c1ccc(C2=CC3(C=C2c2ccc(Cl)cc2)CC3)nc1. The zero-order valence-electron chi connectivity index (χ0n) is 13.2. The van der Waals surface area contributed by atoms with Crippen molar-refractivity contribution in [3.8, 4) is 0 Å². The fourth-order valence-electron chi connectivity index (χ4n) is 3.04. The summed E-state index contributed by atoms with van der Waals surface area (Å²) in [6.07, 6.45) is 9.49. The number of halogens is 1. The van der Waals surface area contributed by atoms with E-state index in [1.807, 2.05) is 24.3 Å². The number of nitrogens with zero attached hydrogens (tertiary/aromatic N) is 1. The molecule has 122 valence electrons. The largest absolute Gasteiger partial charge is 0.255 e. The molecule has 0 bridgehead atoms. The lowest BCUT2D eigenvalue weighted by atomic mass is 9.98. The molecule has 0 aliphatic heterocycles. The number of hydrogen-bond donors (Lipinski definition) is 0. The highest BCUT2D eigenvalue weighted by atomic mass is 35.5. The van der Waals surface area contributed by atoms with Crippen LogP contribution < -0.4 is 0 Å². The smallest absolute Gasteiger partial charge is 0.177 e. The van der Waals surface area contributed by atoms with E-state index in [4.69, 9.17) is 11.6 Å². The maximum absolute atomic E-state index is 11.6. The predicted octanol–water partition coefficient (Wildman–Crippen LogP) is 4.40. The number of benzene rings is 1. The molecule has 5 heteroatoms. The first-order chi connectivity index (χ1) is 11.4. The van der Waals surface area contributed by atoms with Crippen molar-refractivity contribution < 1.29 is 8.42 Å². The van der Waals surface area contributed by atoms with Crippen LogP contribution in [0, 0.1) is 5.41 Å². The van der Waals surface area contributed by atoms with Crippen LogP contribution in [0.15, 0.2) is 59.6 Å². The fraction of sp³-hybridized carbons (Fsp3) is 0.211. The van der Waals surface area contributed by atoms with Crippen LogP contribution in [-0.2, 0) is 9.84 Å². The summed E-state index contributed by atoms with van der Waals surface area (Å²) in [6.45, 7) is 0. The quantitative estimate of drug-likeness (QED) is 0.818. The summed E-state index contributed by atoms with van der Waals surface area (Å²) < 4.78 is 23.2. The van der Waals surface area contributed by atoms with Crippen molar-refractivity contribution in [2.45, 2.75) is 17.7 Å². The van der Waals surface area contributed by atoms with Gasteiger partial charge < -0.3 is 0 Å². The minimum absolute atomic E-state index is 0.154. The molecule has 0 atom stereocenters. The molecule has 1 heterocycles. The van der Waals surface area contributed by atoms with Gasteiger partial charge in [-0.2, -0.15) is 0 Å². The molecule has 1 fully saturated rings. The third-order valence-electron chi connectivity index (χ3n) is 4.58. The monoisotopic (exact) mass is 357 g/mol. The van der Waals surface area contributed by atoms with Crippen molar-refractivity contribution in [3.05, 3.63) is 71.0 Å². The van der Waals surface area contributed by atoms with E-state index in [-0.39, 0.29) is 10.3 Å². The molecule has 1 aromatic carbocycles. The van der Waals surface area contributed by atoms with Crippen LogP contribution in [0.4, 0.5) is 0 Å². The van der Waals surface area contributed by atoms with Gasteiger partial charge in [0, 0.05) is 28.5 Å². The molecule has 0 radical (unpaired) electrons. The highest BCUT2D eigenvalue weighted by molar-refractivity contribution is 7.90. The number of rotatable bonds is 3. The zero-order valence-corrected chi connectivity index (χ0v) is 14.7. The number of aromatic nitrogens is 1. The minimum atomic E-state index is -3.24. The Morgan fingerprint density at radius 3 is 2.21 bits per heavy atom. The van der Waals surface area contributed by atoms with Crippen LogP contribution in [0.2, 0.25) is 5.02 Å². The van der Waals surface area contributed by atoms with E-state index in [1.54, 1.807) is 12.1 Å². The van der Waals surface area contributed by atoms with Crippen LogP contribution in [0.25, 0.3) is 11.1 Å². The van der Waals surface area contributed by atoms with Crippen LogP contribution in [-0.4, -0.2) is 19.7 Å². The molecule has 2 aliphatic rings. The van der Waals surface area contributed by atoms with Crippen LogP contribution in [0.3, 0.4) is 0 Å². The van der Waals surface area contributed by atoms with Gasteiger partial charge in [0.05, 0.1) is 10.6 Å². The lowest BCUT2D eigenvalue weighted by Gasteiger charge is -2.09. The molecule has 0 unspecified atom stereocenters. The van der Waals surface area contributed by atoms with Gasteiger partial charge in [-0.25, -0.2) is 8.42 Å². The average molecular weight is 358 g/mol. The number of pyridine rings is 1. The second kappa shape index (κ2) is 5.30. The summed E-state index contributed by atoms with van der Waals surface area (Å²) in [5, 5.41) is 0.708. The third kappa shape index (κ3) is 2.80. The molecule has 1 saturated carbocycles. The van der Waals surface area contributed by atoms with Gasteiger partial charge in [0.2, 0.25) is 0 Å². The average Bonchev–Trinajstić information content (AvgIpc) is 3.19. The first-order valence-electron chi connectivity index (χ1n) is 7.75. The van der Waals surface area contributed by atoms with Crippen molar-refractivity contribution in [1.29, 1.82) is 0 Å². The molecule has 24 heavy (non-hydrogen) atoms. The molecule has 0 N–H and O–H groups in total. The highest BCUT2D eigenvalue weighted by Crippen LogP contribution is 2.57. The molecule has 0 amide bonds. The summed E-state index contributed by atoms with van der Waals surface area (Å²) in [5.74, 6) is 0. The van der Waals surface area contributed by atoms with E-state index in [0.29, 0.717) is 5.02 Å². The Morgan fingerprint density at radius 2 is 1.67 bits per heavy atom. The van der Waals surface area contributed by atoms with E-state index < -0.39 is 9.84 Å².